The van der Waals surface area contributed by atoms with Crippen molar-refractivity contribution in [3.8, 4) is 28.0 Å². The second-order valence-corrected chi connectivity index (χ2v) is 7.49. The molecule has 0 spiro atoms. The molecule has 1 unspecified atom stereocenters. The molecule has 0 heterocycles. The molecule has 0 bridgehead atoms. The lowest BCUT2D eigenvalue weighted by molar-refractivity contribution is 0.0815. The van der Waals surface area contributed by atoms with E-state index in [0.717, 1.165) is 47.9 Å². The first-order valence-electron chi connectivity index (χ1n) is 10.8. The summed E-state index contributed by atoms with van der Waals surface area (Å²) in [6.45, 7) is 4.70. The van der Waals surface area contributed by atoms with Crippen LogP contribution in [0.4, 0.5) is 4.79 Å². The molecule has 3 heteroatoms. The van der Waals surface area contributed by atoms with Crippen molar-refractivity contribution >= 4 is 6.16 Å². The zero-order valence-electron chi connectivity index (χ0n) is 17.8. The quantitative estimate of drug-likeness (QED) is 0.271. The van der Waals surface area contributed by atoms with Gasteiger partial charge in [-0.25, -0.2) is 4.79 Å². The monoisotopic (exact) mass is 402 g/mol. The number of carbonyl (C=O) groups excluding carboxylic acids is 1. The van der Waals surface area contributed by atoms with Crippen LogP contribution in [0, 0.1) is 5.92 Å². The summed E-state index contributed by atoms with van der Waals surface area (Å²) in [5.74, 6) is 0.900. The number of carbonyl (C=O) groups is 1. The molecule has 0 N–H and O–H groups in total. The van der Waals surface area contributed by atoms with E-state index in [1.54, 1.807) is 0 Å². The van der Waals surface area contributed by atoms with Gasteiger partial charge in [0.25, 0.3) is 0 Å². The van der Waals surface area contributed by atoms with Crippen molar-refractivity contribution in [2.75, 3.05) is 6.61 Å². The molecule has 0 aliphatic heterocycles. The van der Waals surface area contributed by atoms with Gasteiger partial charge < -0.3 is 9.47 Å². The van der Waals surface area contributed by atoms with Crippen molar-refractivity contribution in [2.45, 2.75) is 39.5 Å². The van der Waals surface area contributed by atoms with E-state index in [1.807, 2.05) is 78.9 Å². The molecule has 3 nitrogen and oxygen atoms in total. The second kappa shape index (κ2) is 11.2. The molecule has 3 aromatic carbocycles. The van der Waals surface area contributed by atoms with Gasteiger partial charge in [-0.05, 0) is 23.5 Å². The highest BCUT2D eigenvalue weighted by Gasteiger charge is 2.18. The minimum Gasteiger partial charge on any atom is -0.434 e. The number of hydrogen-bond acceptors (Lipinski definition) is 3. The fourth-order valence-corrected chi connectivity index (χ4v) is 3.53. The second-order valence-electron chi connectivity index (χ2n) is 7.49. The smallest absolute Gasteiger partial charge is 0.434 e. The predicted octanol–water partition coefficient (Wildman–Crippen LogP) is 7.75. The van der Waals surface area contributed by atoms with Gasteiger partial charge in [-0.2, -0.15) is 0 Å². The lowest BCUT2D eigenvalue weighted by atomic mass is 9.97. The Kier molecular flexibility index (Phi) is 8.08. The van der Waals surface area contributed by atoms with Crippen molar-refractivity contribution < 1.29 is 14.3 Å². The number of benzene rings is 3. The van der Waals surface area contributed by atoms with E-state index in [-0.39, 0.29) is 0 Å². The van der Waals surface area contributed by atoms with Crippen molar-refractivity contribution in [3.05, 3.63) is 78.9 Å². The molecule has 0 aliphatic rings. The first kappa shape index (κ1) is 21.6. The van der Waals surface area contributed by atoms with Crippen LogP contribution in [-0.4, -0.2) is 12.8 Å². The van der Waals surface area contributed by atoms with Gasteiger partial charge in [0.15, 0.2) is 0 Å². The van der Waals surface area contributed by atoms with Crippen molar-refractivity contribution in [2.24, 2.45) is 5.92 Å². The normalized spacial score (nSPS) is 11.7. The zero-order chi connectivity index (χ0) is 21.2. The van der Waals surface area contributed by atoms with Crippen molar-refractivity contribution in [3.63, 3.8) is 0 Å². The Morgan fingerprint density at radius 2 is 1.37 bits per heavy atom. The van der Waals surface area contributed by atoms with E-state index < -0.39 is 6.16 Å². The Morgan fingerprint density at radius 3 is 1.87 bits per heavy atom. The van der Waals surface area contributed by atoms with E-state index in [4.69, 9.17) is 9.47 Å². The van der Waals surface area contributed by atoms with E-state index in [0.29, 0.717) is 18.3 Å². The van der Waals surface area contributed by atoms with Gasteiger partial charge in [0.05, 0.1) is 6.61 Å². The highest BCUT2D eigenvalue weighted by molar-refractivity contribution is 5.85. The van der Waals surface area contributed by atoms with E-state index in [2.05, 4.69) is 13.8 Å². The summed E-state index contributed by atoms with van der Waals surface area (Å²) >= 11 is 0. The van der Waals surface area contributed by atoms with Crippen LogP contribution in [0.3, 0.4) is 0 Å². The average Bonchev–Trinajstić information content (AvgIpc) is 2.80. The topological polar surface area (TPSA) is 35.5 Å². The number of unbranched alkanes of at least 4 members (excludes halogenated alkanes) is 1. The third kappa shape index (κ3) is 5.73. The predicted molar refractivity (Wildman–Crippen MR) is 123 cm³/mol. The molecule has 0 aromatic heterocycles. The third-order valence-corrected chi connectivity index (χ3v) is 5.35. The van der Waals surface area contributed by atoms with Gasteiger partial charge in [0.1, 0.15) is 5.75 Å². The molecule has 0 fully saturated rings. The van der Waals surface area contributed by atoms with Crippen LogP contribution in [0.25, 0.3) is 22.3 Å². The lowest BCUT2D eigenvalue weighted by Crippen LogP contribution is -2.17. The summed E-state index contributed by atoms with van der Waals surface area (Å²) in [4.78, 5) is 12.6. The van der Waals surface area contributed by atoms with E-state index >= 15 is 0 Å². The summed E-state index contributed by atoms with van der Waals surface area (Å²) in [6, 6.07) is 25.8. The van der Waals surface area contributed by atoms with Crippen LogP contribution in [0.5, 0.6) is 5.75 Å². The van der Waals surface area contributed by atoms with Crippen LogP contribution >= 0.6 is 0 Å². The minimum atomic E-state index is -0.648. The minimum absolute atomic E-state index is 0.371. The SMILES string of the molecule is CCCCC(CC)COC(=O)Oc1c(-c2ccccc2)cccc1-c1ccccc1. The molecular formula is C27H30O3. The maximum Gasteiger partial charge on any atom is 0.513 e. The van der Waals surface area contributed by atoms with Crippen LogP contribution in [0.15, 0.2) is 78.9 Å². The number of ether oxygens (including phenoxy) is 2. The Balaban J connectivity index is 1.87. The summed E-state index contributed by atoms with van der Waals surface area (Å²) in [5, 5.41) is 0. The van der Waals surface area contributed by atoms with Crippen LogP contribution < -0.4 is 4.74 Å². The van der Waals surface area contributed by atoms with Gasteiger partial charge in [-0.15, -0.1) is 0 Å². The first-order valence-corrected chi connectivity index (χ1v) is 10.8. The van der Waals surface area contributed by atoms with Gasteiger partial charge in [0.2, 0.25) is 0 Å². The fourth-order valence-electron chi connectivity index (χ4n) is 3.53. The number of para-hydroxylation sites is 1. The van der Waals surface area contributed by atoms with Gasteiger partial charge >= 0.3 is 6.16 Å². The molecule has 30 heavy (non-hydrogen) atoms. The molecule has 3 aromatic rings. The van der Waals surface area contributed by atoms with Gasteiger partial charge in [0, 0.05) is 11.1 Å². The van der Waals surface area contributed by atoms with Crippen LogP contribution in [0.1, 0.15) is 39.5 Å². The average molecular weight is 403 g/mol. The standard InChI is InChI=1S/C27H30O3/c1-3-5-13-21(4-2)20-29-27(28)30-26-24(22-14-8-6-9-15-22)18-12-19-25(26)23-16-10-7-11-17-23/h6-12,14-19,21H,3-5,13,20H2,1-2H3. The maximum absolute atomic E-state index is 12.6. The third-order valence-electron chi connectivity index (χ3n) is 5.35. The highest BCUT2D eigenvalue weighted by Crippen LogP contribution is 2.39. The van der Waals surface area contributed by atoms with Crippen molar-refractivity contribution in [1.82, 2.24) is 0 Å². The van der Waals surface area contributed by atoms with Crippen LogP contribution in [-0.2, 0) is 4.74 Å². The molecule has 1 atom stereocenters. The van der Waals surface area contributed by atoms with Gasteiger partial charge in [-0.1, -0.05) is 112 Å². The summed E-state index contributed by atoms with van der Waals surface area (Å²) in [6.07, 6.45) is 3.70. The first-order chi connectivity index (χ1) is 14.7. The Bertz CT molecular complexity index is 862. The molecule has 3 rings (SSSR count). The summed E-state index contributed by atoms with van der Waals surface area (Å²) in [7, 11) is 0. The molecular weight excluding hydrogens is 372 g/mol. The summed E-state index contributed by atoms with van der Waals surface area (Å²) < 4.78 is 11.3. The van der Waals surface area contributed by atoms with E-state index in [9.17, 15) is 4.79 Å². The number of rotatable bonds is 9. The fraction of sp³-hybridized carbons (Fsp3) is 0.296. The lowest BCUT2D eigenvalue weighted by Gasteiger charge is -2.17. The Hall–Kier alpha value is -3.07. The van der Waals surface area contributed by atoms with E-state index in [1.165, 1.54) is 0 Å². The van der Waals surface area contributed by atoms with Crippen LogP contribution in [0.2, 0.25) is 0 Å². The summed E-state index contributed by atoms with van der Waals surface area (Å²) in [5.41, 5.74) is 3.72. The zero-order valence-corrected chi connectivity index (χ0v) is 17.8. The molecule has 0 saturated carbocycles. The largest absolute Gasteiger partial charge is 0.513 e. The van der Waals surface area contributed by atoms with Crippen molar-refractivity contribution in [1.29, 1.82) is 0 Å². The number of hydrogen-bond donors (Lipinski definition) is 0. The Labute approximate surface area is 179 Å². The van der Waals surface area contributed by atoms with Gasteiger partial charge in [-0.3, -0.25) is 0 Å². The molecule has 0 amide bonds. The molecule has 0 aliphatic carbocycles. The molecule has 0 radical (unpaired) electrons. The molecule has 0 saturated heterocycles. The Morgan fingerprint density at radius 1 is 0.800 bits per heavy atom. The molecule has 156 valence electrons. The maximum atomic E-state index is 12.6. The highest BCUT2D eigenvalue weighted by atomic mass is 16.7.